The number of fused-ring (bicyclic) bond motifs is 12. The highest BCUT2D eigenvalue weighted by Gasteiger charge is 2.20. The van der Waals surface area contributed by atoms with Gasteiger partial charge in [-0.3, -0.25) is 0 Å². The number of nitrogens with zero attached hydrogens (tertiary/aromatic N) is 4. The van der Waals surface area contributed by atoms with Crippen LogP contribution in [0, 0.1) is 0 Å². The van der Waals surface area contributed by atoms with Crippen molar-refractivity contribution in [2.45, 2.75) is 0 Å². The van der Waals surface area contributed by atoms with Crippen LogP contribution >= 0.6 is 15.9 Å². The molecule has 6 nitrogen and oxygen atoms in total. The molecular weight excluding hydrogens is 1330 g/mol. The molecule has 20 rings (SSSR count). The summed E-state index contributed by atoms with van der Waals surface area (Å²) in [7, 11) is -1.48. The third-order valence-corrected chi connectivity index (χ3v) is 20.7. The minimum atomic E-state index is -1.48. The molecule has 4 aromatic heterocycles. The van der Waals surface area contributed by atoms with E-state index in [9.17, 15) is 10.0 Å². The van der Waals surface area contributed by atoms with Crippen LogP contribution in [0.5, 0.6) is 0 Å². The molecule has 0 saturated carbocycles. The van der Waals surface area contributed by atoms with Gasteiger partial charge in [0, 0.05) is 70.3 Å². The van der Waals surface area contributed by atoms with Crippen LogP contribution in [0.2, 0.25) is 0 Å². The molecule has 16 aromatic carbocycles. The van der Waals surface area contributed by atoms with Crippen LogP contribution in [-0.2, 0) is 0 Å². The largest absolute Gasteiger partial charge is 0.488 e. The predicted molar refractivity (Wildman–Crippen MR) is 441 cm³/mol. The fourth-order valence-electron chi connectivity index (χ4n) is 15.2. The van der Waals surface area contributed by atoms with Gasteiger partial charge in [-0.05, 0) is 182 Å². The van der Waals surface area contributed by atoms with Gasteiger partial charge in [0.2, 0.25) is 0 Å². The smallest absolute Gasteiger partial charge is 0.423 e. The Labute approximate surface area is 611 Å². The second-order valence-electron chi connectivity index (χ2n) is 26.3. The topological polar surface area (TPSA) is 60.2 Å². The third kappa shape index (κ3) is 11.7. The van der Waals surface area contributed by atoms with Crippen LogP contribution in [-0.4, -0.2) is 35.4 Å². The fraction of sp³-hybridized carbons (Fsp3) is 0. The molecule has 0 fully saturated rings. The first kappa shape index (κ1) is 63.4. The zero-order chi connectivity index (χ0) is 69.6. The van der Waals surface area contributed by atoms with E-state index in [1.807, 2.05) is 48.5 Å². The Bertz CT molecular complexity index is 6330. The van der Waals surface area contributed by atoms with Crippen LogP contribution in [0.3, 0.4) is 0 Å². The second-order valence-corrected chi connectivity index (χ2v) is 27.3. The van der Waals surface area contributed by atoms with Gasteiger partial charge in [-0.1, -0.05) is 283 Å². The van der Waals surface area contributed by atoms with Gasteiger partial charge in [0.05, 0.1) is 44.1 Å². The molecule has 0 unspecified atom stereocenters. The Kier molecular flexibility index (Phi) is 16.6. The summed E-state index contributed by atoms with van der Waals surface area (Å²) >= 11 is 3.61. The first-order valence-electron chi connectivity index (χ1n) is 35.1. The summed E-state index contributed by atoms with van der Waals surface area (Å²) in [5.41, 5.74) is 26.7. The molecule has 492 valence electrons. The lowest BCUT2D eigenvalue weighted by molar-refractivity contribution is 0.426. The lowest BCUT2D eigenvalue weighted by Crippen LogP contribution is -2.29. The molecule has 0 aliphatic heterocycles. The lowest BCUT2D eigenvalue weighted by Gasteiger charge is -2.11. The van der Waals surface area contributed by atoms with E-state index in [1.165, 1.54) is 127 Å². The van der Waals surface area contributed by atoms with Crippen molar-refractivity contribution in [3.8, 4) is 78.4 Å². The number of rotatable bonds is 10. The summed E-state index contributed by atoms with van der Waals surface area (Å²) in [5, 5.41) is 28.8. The normalized spacial score (nSPS) is 11.4. The second kappa shape index (κ2) is 27.3. The molecule has 0 bridgehead atoms. The van der Waals surface area contributed by atoms with Gasteiger partial charge in [-0.2, -0.15) is 0 Å². The van der Waals surface area contributed by atoms with Gasteiger partial charge in [0.1, 0.15) is 0 Å². The molecule has 0 atom stereocenters. The SMILES string of the molecule is Brc1ccc2c(c1)c1ccccc1n2-c1ccc(-c2ccccc2)cc1.OB(O)c1ccc2c(c1)c1ccccc1n2-c1ccc(-c2ccccc2)cc1.c1ccc(-c2ccc(-n3c4ccccc4c4cc(-c5ccc6c(c5)c5ccccc5n6-c5ccc(-c6ccccc6)cc5)ccc43)cc2)cc1. The van der Waals surface area contributed by atoms with Crippen LogP contribution in [0.25, 0.3) is 166 Å². The summed E-state index contributed by atoms with van der Waals surface area (Å²) < 4.78 is 10.4. The summed E-state index contributed by atoms with van der Waals surface area (Å²) in [5.74, 6) is 0. The van der Waals surface area contributed by atoms with Gasteiger partial charge >= 0.3 is 7.12 Å². The number of hydrogen-bond acceptors (Lipinski definition) is 2. The molecule has 0 spiro atoms. The van der Waals surface area contributed by atoms with E-state index < -0.39 is 7.12 Å². The highest BCUT2D eigenvalue weighted by atomic mass is 79.9. The van der Waals surface area contributed by atoms with E-state index in [4.69, 9.17) is 0 Å². The number of benzene rings is 16. The summed E-state index contributed by atoms with van der Waals surface area (Å²) in [6.45, 7) is 0. The van der Waals surface area contributed by atoms with E-state index in [0.717, 1.165) is 43.3 Å². The maximum absolute atomic E-state index is 9.57. The molecule has 4 heterocycles. The average Bonchev–Trinajstić information content (AvgIpc) is 1.61. The van der Waals surface area contributed by atoms with Crippen LogP contribution in [0.15, 0.2) is 393 Å². The summed E-state index contributed by atoms with van der Waals surface area (Å²) in [6, 6.07) is 137. The molecular formula is C96H66BBrN4O2. The van der Waals surface area contributed by atoms with Crippen molar-refractivity contribution in [3.05, 3.63) is 393 Å². The quantitative estimate of drug-likeness (QED) is 0.134. The van der Waals surface area contributed by atoms with Crippen LogP contribution in [0.1, 0.15) is 0 Å². The predicted octanol–water partition coefficient (Wildman–Crippen LogP) is 24.2. The van der Waals surface area contributed by atoms with Gasteiger partial charge < -0.3 is 28.3 Å². The standard InChI is InChI=1S/C48H32N2.C24H18BNO2.C24H16BrN/c1-3-11-33(12-4-1)35-19-25-39(26-20-35)49-45-17-9-7-15-41(45)43-31-37(23-29-47(43)49)38-24-30-48-44(32-38)42-16-8-10-18-46(42)50(48)40-27-21-36(22-28-40)34-13-5-2-6-14-34;27-25(28)19-12-15-24-22(16-19)21-8-4-5-9-23(21)26(24)20-13-10-18(11-14-20)17-6-2-1-3-7-17;25-19-12-15-24-22(16-19)21-8-4-5-9-23(21)26(24)20-13-10-18(11-14-20)17-6-2-1-3-7-17/h1-32H;1-16,27-28H;1-16H. The number of para-hydroxylation sites is 4. The molecule has 20 aromatic rings. The highest BCUT2D eigenvalue weighted by Crippen LogP contribution is 2.41. The minimum Gasteiger partial charge on any atom is -0.423 e. The van der Waals surface area contributed by atoms with Crippen molar-refractivity contribution < 1.29 is 10.0 Å². The molecule has 0 aliphatic carbocycles. The molecule has 0 aliphatic rings. The minimum absolute atomic E-state index is 0.495. The Hall–Kier alpha value is -12.8. The molecule has 0 saturated heterocycles. The highest BCUT2D eigenvalue weighted by molar-refractivity contribution is 9.10. The Morgan fingerprint density at radius 2 is 0.404 bits per heavy atom. The number of aromatic nitrogens is 4. The van der Waals surface area contributed by atoms with Crippen molar-refractivity contribution in [3.63, 3.8) is 0 Å². The fourth-order valence-corrected chi connectivity index (χ4v) is 15.6. The van der Waals surface area contributed by atoms with Crippen molar-refractivity contribution in [1.29, 1.82) is 0 Å². The van der Waals surface area contributed by atoms with Crippen molar-refractivity contribution in [2.24, 2.45) is 0 Å². The van der Waals surface area contributed by atoms with Gasteiger partial charge in [-0.15, -0.1) is 0 Å². The van der Waals surface area contributed by atoms with Crippen molar-refractivity contribution in [1.82, 2.24) is 18.3 Å². The number of hydrogen-bond donors (Lipinski definition) is 2. The van der Waals surface area contributed by atoms with Crippen LogP contribution in [0.4, 0.5) is 0 Å². The average molecular weight is 1400 g/mol. The van der Waals surface area contributed by atoms with Crippen molar-refractivity contribution in [2.75, 3.05) is 0 Å². The first-order chi connectivity index (χ1) is 51.3. The van der Waals surface area contributed by atoms with E-state index in [1.54, 1.807) is 6.07 Å². The van der Waals surface area contributed by atoms with Gasteiger partial charge in [0.15, 0.2) is 0 Å². The van der Waals surface area contributed by atoms with Gasteiger partial charge in [0.25, 0.3) is 0 Å². The molecule has 8 heteroatoms. The van der Waals surface area contributed by atoms with Crippen molar-refractivity contribution >= 4 is 116 Å². The zero-order valence-corrected chi connectivity index (χ0v) is 58.2. The summed E-state index contributed by atoms with van der Waals surface area (Å²) in [4.78, 5) is 0. The van der Waals surface area contributed by atoms with Crippen LogP contribution < -0.4 is 5.46 Å². The lowest BCUT2D eigenvalue weighted by atomic mass is 9.80. The van der Waals surface area contributed by atoms with E-state index in [-0.39, 0.29) is 0 Å². The molecule has 0 amide bonds. The third-order valence-electron chi connectivity index (χ3n) is 20.2. The molecule has 104 heavy (non-hydrogen) atoms. The Morgan fingerprint density at radius 3 is 0.702 bits per heavy atom. The molecule has 0 radical (unpaired) electrons. The zero-order valence-electron chi connectivity index (χ0n) is 56.6. The number of halogens is 1. The monoisotopic (exact) mass is 1400 g/mol. The first-order valence-corrected chi connectivity index (χ1v) is 35.9. The van der Waals surface area contributed by atoms with E-state index in [0.29, 0.717) is 5.46 Å². The Morgan fingerprint density at radius 1 is 0.183 bits per heavy atom. The molecule has 2 N–H and O–H groups in total. The summed E-state index contributed by atoms with van der Waals surface area (Å²) in [6.07, 6.45) is 0. The van der Waals surface area contributed by atoms with E-state index >= 15 is 0 Å². The van der Waals surface area contributed by atoms with Gasteiger partial charge in [-0.25, -0.2) is 0 Å². The maximum Gasteiger partial charge on any atom is 0.488 e. The maximum atomic E-state index is 9.57. The Balaban J connectivity index is 0.000000121. The van der Waals surface area contributed by atoms with E-state index in [2.05, 4.69) is 368 Å².